The first-order valence-electron chi connectivity index (χ1n) is 8.59. The molecule has 0 bridgehead atoms. The van der Waals surface area contributed by atoms with Crippen LogP contribution in [0.15, 0.2) is 36.4 Å². The number of nitrogens with zero attached hydrogens (tertiary/aromatic N) is 1. The SMILES string of the molecule is O=C(NCc1ccc(N2CCCC2=O)cc1)[C@H]1CC=CC[C@H]1C(=O)[O-]. The molecule has 1 saturated heterocycles. The lowest BCUT2D eigenvalue weighted by Crippen LogP contribution is -2.43. The molecule has 3 rings (SSSR count). The molecule has 1 N–H and O–H groups in total. The molecule has 0 unspecified atom stereocenters. The molecule has 0 aromatic heterocycles. The van der Waals surface area contributed by atoms with E-state index in [9.17, 15) is 19.5 Å². The van der Waals surface area contributed by atoms with Crippen LogP contribution in [0.4, 0.5) is 5.69 Å². The number of carbonyl (C=O) groups excluding carboxylic acids is 3. The Morgan fingerprint density at radius 2 is 1.80 bits per heavy atom. The van der Waals surface area contributed by atoms with Crippen LogP contribution in [0.2, 0.25) is 0 Å². The van der Waals surface area contributed by atoms with Gasteiger partial charge in [-0.3, -0.25) is 9.59 Å². The second-order valence-electron chi connectivity index (χ2n) is 6.51. The zero-order chi connectivity index (χ0) is 17.8. The number of anilines is 1. The van der Waals surface area contributed by atoms with Crippen molar-refractivity contribution in [3.8, 4) is 0 Å². The van der Waals surface area contributed by atoms with E-state index in [4.69, 9.17) is 0 Å². The van der Waals surface area contributed by atoms with Crippen LogP contribution in [0.5, 0.6) is 0 Å². The van der Waals surface area contributed by atoms with Gasteiger partial charge in [0, 0.05) is 43.0 Å². The Morgan fingerprint density at radius 1 is 1.12 bits per heavy atom. The highest BCUT2D eigenvalue weighted by Gasteiger charge is 2.29. The number of rotatable bonds is 5. The van der Waals surface area contributed by atoms with Gasteiger partial charge in [0.1, 0.15) is 0 Å². The largest absolute Gasteiger partial charge is 0.550 e. The standard InChI is InChI=1S/C19H22N2O4/c22-17-6-3-11-21(17)14-9-7-13(8-10-14)12-20-18(23)15-4-1-2-5-16(15)19(24)25/h1-2,7-10,15-16H,3-6,11-12H2,(H,20,23)(H,24,25)/p-1/t15-,16+/m0/s1. The van der Waals surface area contributed by atoms with Crippen LogP contribution < -0.4 is 15.3 Å². The summed E-state index contributed by atoms with van der Waals surface area (Å²) < 4.78 is 0. The van der Waals surface area contributed by atoms with E-state index in [1.807, 2.05) is 30.3 Å². The zero-order valence-corrected chi connectivity index (χ0v) is 13.9. The molecule has 2 amide bonds. The number of aliphatic carboxylic acids is 1. The minimum atomic E-state index is -1.18. The van der Waals surface area contributed by atoms with Crippen LogP contribution in [0.1, 0.15) is 31.2 Å². The topological polar surface area (TPSA) is 89.5 Å². The normalized spacial score (nSPS) is 22.9. The third kappa shape index (κ3) is 3.90. The third-order valence-corrected chi connectivity index (χ3v) is 4.86. The van der Waals surface area contributed by atoms with Crippen molar-refractivity contribution in [2.75, 3.05) is 11.4 Å². The van der Waals surface area contributed by atoms with Gasteiger partial charge in [0.15, 0.2) is 0 Å². The van der Waals surface area contributed by atoms with Gasteiger partial charge in [-0.05, 0) is 37.0 Å². The van der Waals surface area contributed by atoms with Crippen molar-refractivity contribution in [2.24, 2.45) is 11.8 Å². The highest BCUT2D eigenvalue weighted by atomic mass is 16.4. The molecule has 1 fully saturated rings. The minimum absolute atomic E-state index is 0.139. The Kier molecular flexibility index (Phi) is 5.16. The number of carboxylic acids is 1. The van der Waals surface area contributed by atoms with Crippen LogP contribution >= 0.6 is 0 Å². The molecule has 25 heavy (non-hydrogen) atoms. The summed E-state index contributed by atoms with van der Waals surface area (Å²) in [7, 11) is 0. The average molecular weight is 341 g/mol. The van der Waals surface area contributed by atoms with E-state index in [1.54, 1.807) is 11.0 Å². The van der Waals surface area contributed by atoms with Crippen LogP contribution in [0.25, 0.3) is 0 Å². The van der Waals surface area contributed by atoms with Crippen molar-refractivity contribution < 1.29 is 19.5 Å². The number of allylic oxidation sites excluding steroid dienone is 2. The molecule has 6 nitrogen and oxygen atoms in total. The van der Waals surface area contributed by atoms with E-state index >= 15 is 0 Å². The molecule has 0 radical (unpaired) electrons. The highest BCUT2D eigenvalue weighted by molar-refractivity contribution is 5.95. The summed E-state index contributed by atoms with van der Waals surface area (Å²) in [5.74, 6) is -2.66. The number of amides is 2. The van der Waals surface area contributed by atoms with Crippen LogP contribution in [0.3, 0.4) is 0 Å². The molecule has 0 spiro atoms. The molecule has 6 heteroatoms. The molecular weight excluding hydrogens is 320 g/mol. The number of carbonyl (C=O) groups is 3. The summed E-state index contributed by atoms with van der Waals surface area (Å²) in [6.45, 7) is 1.07. The first-order chi connectivity index (χ1) is 12.1. The minimum Gasteiger partial charge on any atom is -0.550 e. The molecular formula is C19H21N2O4-. The molecule has 1 heterocycles. The van der Waals surface area contributed by atoms with Gasteiger partial charge in [-0.2, -0.15) is 0 Å². The lowest BCUT2D eigenvalue weighted by Gasteiger charge is -2.28. The third-order valence-electron chi connectivity index (χ3n) is 4.86. The summed E-state index contributed by atoms with van der Waals surface area (Å²) in [6, 6.07) is 7.49. The fourth-order valence-electron chi connectivity index (χ4n) is 3.40. The fourth-order valence-corrected chi connectivity index (χ4v) is 3.40. The van der Waals surface area contributed by atoms with Crippen molar-refractivity contribution in [1.82, 2.24) is 5.32 Å². The Bertz CT molecular complexity index is 696. The van der Waals surface area contributed by atoms with Gasteiger partial charge in [-0.25, -0.2) is 0 Å². The van der Waals surface area contributed by atoms with Gasteiger partial charge >= 0.3 is 0 Å². The molecule has 132 valence electrons. The molecule has 1 aromatic carbocycles. The fraction of sp³-hybridized carbons (Fsp3) is 0.421. The summed E-state index contributed by atoms with van der Waals surface area (Å²) >= 11 is 0. The number of hydrogen-bond acceptors (Lipinski definition) is 4. The number of nitrogens with one attached hydrogen (secondary N) is 1. The van der Waals surface area contributed by atoms with E-state index in [-0.39, 0.29) is 11.8 Å². The molecule has 1 aliphatic heterocycles. The maximum atomic E-state index is 12.3. The maximum Gasteiger partial charge on any atom is 0.227 e. The summed E-state index contributed by atoms with van der Waals surface area (Å²) in [5, 5.41) is 14.0. The first-order valence-corrected chi connectivity index (χ1v) is 8.59. The smallest absolute Gasteiger partial charge is 0.227 e. The molecule has 2 aliphatic rings. The first kappa shape index (κ1) is 17.2. The Hall–Kier alpha value is -2.63. The molecule has 1 aliphatic carbocycles. The van der Waals surface area contributed by atoms with E-state index in [2.05, 4.69) is 5.32 Å². The predicted molar refractivity (Wildman–Crippen MR) is 90.2 cm³/mol. The van der Waals surface area contributed by atoms with Gasteiger partial charge < -0.3 is 20.1 Å². The molecule has 0 saturated carbocycles. The number of carboxylic acid groups (broad SMARTS) is 1. The van der Waals surface area contributed by atoms with Crippen molar-refractivity contribution in [1.29, 1.82) is 0 Å². The Labute approximate surface area is 146 Å². The van der Waals surface area contributed by atoms with E-state index in [0.29, 0.717) is 25.8 Å². The number of hydrogen-bond donors (Lipinski definition) is 1. The Morgan fingerprint density at radius 3 is 2.40 bits per heavy atom. The van der Waals surface area contributed by atoms with E-state index in [0.717, 1.165) is 24.2 Å². The monoisotopic (exact) mass is 341 g/mol. The summed E-state index contributed by atoms with van der Waals surface area (Å²) in [4.78, 5) is 37.0. The van der Waals surface area contributed by atoms with Crippen LogP contribution in [-0.2, 0) is 20.9 Å². The Balaban J connectivity index is 1.57. The van der Waals surface area contributed by atoms with Crippen LogP contribution in [0, 0.1) is 11.8 Å². The summed E-state index contributed by atoms with van der Waals surface area (Å²) in [6.07, 6.45) is 5.84. The van der Waals surface area contributed by atoms with Gasteiger partial charge in [0.2, 0.25) is 11.8 Å². The maximum absolute atomic E-state index is 12.3. The zero-order valence-electron chi connectivity index (χ0n) is 13.9. The average Bonchev–Trinajstić information content (AvgIpc) is 3.06. The lowest BCUT2D eigenvalue weighted by molar-refractivity contribution is -0.313. The lowest BCUT2D eigenvalue weighted by atomic mass is 9.82. The van der Waals surface area contributed by atoms with E-state index < -0.39 is 17.8 Å². The van der Waals surface area contributed by atoms with Crippen molar-refractivity contribution in [2.45, 2.75) is 32.2 Å². The summed E-state index contributed by atoms with van der Waals surface area (Å²) in [5.41, 5.74) is 1.77. The predicted octanol–water partition coefficient (Wildman–Crippen LogP) is 0.762. The van der Waals surface area contributed by atoms with Gasteiger partial charge in [0.25, 0.3) is 0 Å². The quantitative estimate of drug-likeness (QED) is 0.801. The second kappa shape index (κ2) is 7.51. The van der Waals surface area contributed by atoms with Crippen molar-refractivity contribution >= 4 is 23.5 Å². The second-order valence-corrected chi connectivity index (χ2v) is 6.51. The van der Waals surface area contributed by atoms with Crippen molar-refractivity contribution in [3.05, 3.63) is 42.0 Å². The van der Waals surface area contributed by atoms with Crippen molar-refractivity contribution in [3.63, 3.8) is 0 Å². The van der Waals surface area contributed by atoms with Gasteiger partial charge in [-0.15, -0.1) is 0 Å². The highest BCUT2D eigenvalue weighted by Crippen LogP contribution is 2.26. The number of benzene rings is 1. The van der Waals surface area contributed by atoms with E-state index in [1.165, 1.54) is 0 Å². The molecule has 2 atom stereocenters. The molecule has 1 aromatic rings. The van der Waals surface area contributed by atoms with Gasteiger partial charge in [-0.1, -0.05) is 24.3 Å². The van der Waals surface area contributed by atoms with Gasteiger partial charge in [0.05, 0.1) is 0 Å². The van der Waals surface area contributed by atoms with Crippen LogP contribution in [-0.4, -0.2) is 24.3 Å².